The average molecular weight is 258 g/mol. The third kappa shape index (κ3) is 2.50. The maximum absolute atomic E-state index is 13.6. The van der Waals surface area contributed by atoms with Crippen LogP contribution in [-0.2, 0) is 0 Å². The number of aryl methyl sites for hydroxylation is 2. The van der Waals surface area contributed by atoms with Gasteiger partial charge in [-0.05, 0) is 49.2 Å². The number of carbonyl (C=O) groups excluding carboxylic acids is 1. The van der Waals surface area contributed by atoms with Crippen LogP contribution in [0.3, 0.4) is 0 Å². The first-order chi connectivity index (χ1) is 9.04. The number of rotatable bonds is 3. The molecule has 3 heteroatoms. The van der Waals surface area contributed by atoms with Gasteiger partial charge in [0.05, 0.1) is 12.7 Å². The second kappa shape index (κ2) is 5.22. The Hall–Kier alpha value is -2.16. The van der Waals surface area contributed by atoms with E-state index in [-0.39, 0.29) is 11.3 Å². The Balaban J connectivity index is 2.49. The molecule has 19 heavy (non-hydrogen) atoms. The van der Waals surface area contributed by atoms with E-state index in [2.05, 4.69) is 0 Å². The van der Waals surface area contributed by atoms with Crippen molar-refractivity contribution in [2.24, 2.45) is 0 Å². The molecule has 0 aliphatic rings. The van der Waals surface area contributed by atoms with E-state index in [9.17, 15) is 9.18 Å². The lowest BCUT2D eigenvalue weighted by Crippen LogP contribution is -2.05. The van der Waals surface area contributed by atoms with Gasteiger partial charge in [-0.2, -0.15) is 0 Å². The zero-order valence-corrected chi connectivity index (χ0v) is 11.2. The third-order valence-electron chi connectivity index (χ3n) is 3.05. The molecule has 2 aromatic rings. The van der Waals surface area contributed by atoms with Gasteiger partial charge >= 0.3 is 0 Å². The third-order valence-corrected chi connectivity index (χ3v) is 3.05. The van der Waals surface area contributed by atoms with Gasteiger partial charge in [0.25, 0.3) is 0 Å². The molecule has 2 rings (SSSR count). The van der Waals surface area contributed by atoms with Gasteiger partial charge in [0.15, 0.2) is 5.78 Å². The summed E-state index contributed by atoms with van der Waals surface area (Å²) in [4.78, 5) is 12.3. The summed E-state index contributed by atoms with van der Waals surface area (Å²) in [5, 5.41) is 0. The number of ketones is 1. The SMILES string of the molecule is COc1c(C)cc(C(=O)c2ccccc2F)cc1C. The van der Waals surface area contributed by atoms with E-state index < -0.39 is 5.82 Å². The van der Waals surface area contributed by atoms with E-state index in [1.54, 1.807) is 31.4 Å². The molecule has 0 heterocycles. The summed E-state index contributed by atoms with van der Waals surface area (Å²) in [5.41, 5.74) is 2.29. The highest BCUT2D eigenvalue weighted by Crippen LogP contribution is 2.25. The van der Waals surface area contributed by atoms with Gasteiger partial charge in [0.1, 0.15) is 11.6 Å². The van der Waals surface area contributed by atoms with E-state index in [1.807, 2.05) is 13.8 Å². The van der Waals surface area contributed by atoms with Crippen LogP contribution < -0.4 is 4.74 Å². The molecule has 98 valence electrons. The lowest BCUT2D eigenvalue weighted by molar-refractivity contribution is 0.103. The van der Waals surface area contributed by atoms with Crippen LogP contribution in [0.1, 0.15) is 27.0 Å². The molecule has 2 nitrogen and oxygen atoms in total. The molecule has 0 aliphatic heterocycles. The fraction of sp³-hybridized carbons (Fsp3) is 0.188. The summed E-state index contributed by atoms with van der Waals surface area (Å²) in [7, 11) is 1.59. The normalized spacial score (nSPS) is 10.3. The van der Waals surface area contributed by atoms with Crippen LogP contribution in [0.4, 0.5) is 4.39 Å². The molecule has 0 saturated carbocycles. The summed E-state index contributed by atoms with van der Waals surface area (Å²) < 4.78 is 18.9. The lowest BCUT2D eigenvalue weighted by Gasteiger charge is -2.11. The molecule has 0 aromatic heterocycles. The van der Waals surface area contributed by atoms with Crippen LogP contribution in [0, 0.1) is 19.7 Å². The summed E-state index contributed by atoms with van der Waals surface area (Å²) >= 11 is 0. The molecule has 2 aromatic carbocycles. The van der Waals surface area contributed by atoms with Gasteiger partial charge < -0.3 is 4.74 Å². The minimum absolute atomic E-state index is 0.0893. The Kier molecular flexibility index (Phi) is 3.65. The van der Waals surface area contributed by atoms with Crippen LogP contribution in [-0.4, -0.2) is 12.9 Å². The number of halogens is 1. The van der Waals surface area contributed by atoms with Crippen molar-refractivity contribution >= 4 is 5.78 Å². The summed E-state index contributed by atoms with van der Waals surface area (Å²) in [6.45, 7) is 3.73. The number of methoxy groups -OCH3 is 1. The predicted octanol–water partition coefficient (Wildman–Crippen LogP) is 3.68. The van der Waals surface area contributed by atoms with E-state index in [0.29, 0.717) is 5.56 Å². The first-order valence-corrected chi connectivity index (χ1v) is 5.99. The van der Waals surface area contributed by atoms with Gasteiger partial charge in [0, 0.05) is 5.56 Å². The van der Waals surface area contributed by atoms with Crippen molar-refractivity contribution in [1.29, 1.82) is 0 Å². The summed E-state index contributed by atoms with van der Waals surface area (Å²) in [5.74, 6) is -0.0596. The zero-order chi connectivity index (χ0) is 14.0. The summed E-state index contributed by atoms with van der Waals surface area (Å²) in [6, 6.07) is 9.44. The van der Waals surface area contributed by atoms with Gasteiger partial charge in [-0.15, -0.1) is 0 Å². The highest BCUT2D eigenvalue weighted by molar-refractivity contribution is 6.09. The standard InChI is InChI=1S/C16H15FO2/c1-10-8-12(9-11(2)16(10)19-3)15(18)13-6-4-5-7-14(13)17/h4-9H,1-3H3. The van der Waals surface area contributed by atoms with Crippen molar-refractivity contribution in [1.82, 2.24) is 0 Å². The van der Waals surface area contributed by atoms with Crippen molar-refractivity contribution < 1.29 is 13.9 Å². The smallest absolute Gasteiger partial charge is 0.195 e. The lowest BCUT2D eigenvalue weighted by atomic mass is 9.98. The van der Waals surface area contributed by atoms with Crippen LogP contribution in [0.25, 0.3) is 0 Å². The first kappa shape index (κ1) is 13.3. The molecule has 0 saturated heterocycles. The predicted molar refractivity (Wildman–Crippen MR) is 72.3 cm³/mol. The Labute approximate surface area is 111 Å². The number of ether oxygens (including phenoxy) is 1. The van der Waals surface area contributed by atoms with Crippen LogP contribution in [0.15, 0.2) is 36.4 Å². The molecular formula is C16H15FO2. The van der Waals surface area contributed by atoms with Gasteiger partial charge in [0.2, 0.25) is 0 Å². The second-order valence-electron chi connectivity index (χ2n) is 4.45. The van der Waals surface area contributed by atoms with Crippen molar-refractivity contribution in [3.8, 4) is 5.75 Å². The molecule has 0 radical (unpaired) electrons. The van der Waals surface area contributed by atoms with Crippen LogP contribution in [0.5, 0.6) is 5.75 Å². The minimum Gasteiger partial charge on any atom is -0.496 e. The number of benzene rings is 2. The monoisotopic (exact) mass is 258 g/mol. The van der Waals surface area contributed by atoms with E-state index in [1.165, 1.54) is 12.1 Å². The van der Waals surface area contributed by atoms with Crippen molar-refractivity contribution in [3.05, 3.63) is 64.5 Å². The van der Waals surface area contributed by atoms with Crippen molar-refractivity contribution in [2.75, 3.05) is 7.11 Å². The average Bonchev–Trinajstić information content (AvgIpc) is 2.38. The van der Waals surface area contributed by atoms with E-state index in [0.717, 1.165) is 16.9 Å². The Morgan fingerprint density at radius 2 is 1.68 bits per heavy atom. The molecule has 0 aliphatic carbocycles. The Morgan fingerprint density at radius 3 is 2.21 bits per heavy atom. The maximum Gasteiger partial charge on any atom is 0.195 e. The molecule has 0 amide bonds. The Morgan fingerprint density at radius 1 is 1.11 bits per heavy atom. The second-order valence-corrected chi connectivity index (χ2v) is 4.45. The molecule has 0 fully saturated rings. The number of carbonyl (C=O) groups is 1. The minimum atomic E-state index is -0.501. The highest BCUT2D eigenvalue weighted by Gasteiger charge is 2.15. The van der Waals surface area contributed by atoms with Crippen molar-refractivity contribution in [2.45, 2.75) is 13.8 Å². The number of hydrogen-bond acceptors (Lipinski definition) is 2. The van der Waals surface area contributed by atoms with Gasteiger partial charge in [-0.1, -0.05) is 12.1 Å². The largest absolute Gasteiger partial charge is 0.496 e. The molecule has 0 unspecified atom stereocenters. The fourth-order valence-corrected chi connectivity index (χ4v) is 2.20. The Bertz CT molecular complexity index is 609. The zero-order valence-electron chi connectivity index (χ0n) is 11.2. The van der Waals surface area contributed by atoms with Crippen molar-refractivity contribution in [3.63, 3.8) is 0 Å². The fourth-order valence-electron chi connectivity index (χ4n) is 2.20. The molecule has 0 atom stereocenters. The van der Waals surface area contributed by atoms with Gasteiger partial charge in [-0.3, -0.25) is 4.79 Å². The first-order valence-electron chi connectivity index (χ1n) is 5.99. The molecular weight excluding hydrogens is 243 g/mol. The molecule has 0 bridgehead atoms. The van der Waals surface area contributed by atoms with Gasteiger partial charge in [-0.25, -0.2) is 4.39 Å². The van der Waals surface area contributed by atoms with Crippen LogP contribution in [0.2, 0.25) is 0 Å². The molecule has 0 spiro atoms. The molecule has 0 N–H and O–H groups in total. The van der Waals surface area contributed by atoms with E-state index >= 15 is 0 Å². The quantitative estimate of drug-likeness (QED) is 0.785. The maximum atomic E-state index is 13.6. The number of hydrogen-bond donors (Lipinski definition) is 0. The van der Waals surface area contributed by atoms with Crippen LogP contribution >= 0.6 is 0 Å². The highest BCUT2D eigenvalue weighted by atomic mass is 19.1. The topological polar surface area (TPSA) is 26.3 Å². The van der Waals surface area contributed by atoms with E-state index in [4.69, 9.17) is 4.74 Å². The summed E-state index contributed by atoms with van der Waals surface area (Å²) in [6.07, 6.45) is 0.